The molecule has 4 aromatic carbocycles. The second-order valence-corrected chi connectivity index (χ2v) is 12.2. The van der Waals surface area contributed by atoms with E-state index < -0.39 is 22.0 Å². The van der Waals surface area contributed by atoms with Crippen LogP contribution in [-0.2, 0) is 9.59 Å². The van der Waals surface area contributed by atoms with Crippen LogP contribution in [-0.4, -0.2) is 32.9 Å². The van der Waals surface area contributed by atoms with Crippen LogP contribution in [0.1, 0.15) is 29.3 Å². The van der Waals surface area contributed by atoms with Crippen molar-refractivity contribution in [2.24, 2.45) is 0 Å². The van der Waals surface area contributed by atoms with E-state index in [9.17, 15) is 24.5 Å². The summed E-state index contributed by atoms with van der Waals surface area (Å²) >= 11 is 2.69. The minimum Gasteiger partial charge on any atom is -0.321 e. The normalized spacial score (nSPS) is 11.7. The monoisotopic (exact) mass is 663 g/mol. The Hall–Kier alpha value is -5.59. The number of nitrogens with zero attached hydrogens (tertiary/aromatic N) is 2. The number of thioether (sulfide) groups is 1. The zero-order valence-electron chi connectivity index (χ0n) is 25.1. The number of amides is 3. The minimum atomic E-state index is -0.683. The number of nitro benzene ring substituents is 1. The molecule has 0 fully saturated rings. The Morgan fingerprint density at radius 1 is 0.915 bits per heavy atom. The van der Waals surface area contributed by atoms with Crippen molar-refractivity contribution in [1.29, 1.82) is 0 Å². The van der Waals surface area contributed by atoms with Gasteiger partial charge < -0.3 is 16.0 Å². The summed E-state index contributed by atoms with van der Waals surface area (Å²) in [5, 5.41) is 21.9. The molecular weight excluding hydrogens is 635 g/mol. The number of anilines is 2. The third-order valence-corrected chi connectivity index (χ3v) is 8.92. The van der Waals surface area contributed by atoms with Crippen molar-refractivity contribution < 1.29 is 19.3 Å². The van der Waals surface area contributed by atoms with E-state index in [-0.39, 0.29) is 22.9 Å². The molecule has 0 aliphatic heterocycles. The van der Waals surface area contributed by atoms with Crippen LogP contribution in [0.2, 0.25) is 0 Å². The maximum atomic E-state index is 13.5. The van der Waals surface area contributed by atoms with Crippen LogP contribution in [0, 0.1) is 10.1 Å². The highest BCUT2D eigenvalue weighted by molar-refractivity contribution is 8.00. The lowest BCUT2D eigenvalue weighted by atomic mass is 10.1. The zero-order valence-corrected chi connectivity index (χ0v) is 26.7. The lowest BCUT2D eigenvalue weighted by Gasteiger charge is -2.15. The maximum Gasteiger partial charge on any atom is 0.276 e. The first-order valence-electron chi connectivity index (χ1n) is 14.5. The van der Waals surface area contributed by atoms with Crippen LogP contribution in [0.5, 0.6) is 0 Å². The first-order valence-corrected chi connectivity index (χ1v) is 16.3. The number of rotatable bonds is 12. The van der Waals surface area contributed by atoms with E-state index in [1.807, 2.05) is 48.7 Å². The summed E-state index contributed by atoms with van der Waals surface area (Å²) in [6.45, 7) is 1.91. The smallest absolute Gasteiger partial charge is 0.276 e. The third-order valence-electron chi connectivity index (χ3n) is 6.80. The van der Waals surface area contributed by atoms with Gasteiger partial charge in [-0.2, -0.15) is 0 Å². The van der Waals surface area contributed by atoms with Gasteiger partial charge in [0.05, 0.1) is 21.4 Å². The number of aromatic nitrogens is 1. The van der Waals surface area contributed by atoms with Crippen molar-refractivity contribution in [2.75, 3.05) is 10.6 Å². The maximum absolute atomic E-state index is 13.5. The molecule has 3 amide bonds. The number of thiazole rings is 1. The van der Waals surface area contributed by atoms with Crippen LogP contribution in [0.4, 0.5) is 16.5 Å². The van der Waals surface area contributed by atoms with Gasteiger partial charge in [0.2, 0.25) is 5.91 Å². The SMILES string of the molecule is CCC(Sc1cccc(NC(=O)/C(=C\c2ccccc2[N+](=O)[O-])NC(=O)c2ccccc2)c1)C(=O)Nc1nc(-c2ccccc2)cs1. The summed E-state index contributed by atoms with van der Waals surface area (Å²) in [5.74, 6) is -1.43. The van der Waals surface area contributed by atoms with Crippen LogP contribution in [0.25, 0.3) is 17.3 Å². The first kappa shape index (κ1) is 32.8. The minimum absolute atomic E-state index is 0.147. The van der Waals surface area contributed by atoms with Gasteiger partial charge in [0.15, 0.2) is 5.13 Å². The molecule has 5 rings (SSSR count). The Bertz CT molecular complexity index is 1930. The van der Waals surface area contributed by atoms with Crippen molar-refractivity contribution in [2.45, 2.75) is 23.5 Å². The molecule has 47 heavy (non-hydrogen) atoms. The van der Waals surface area contributed by atoms with Crippen LogP contribution < -0.4 is 16.0 Å². The molecule has 1 heterocycles. The molecule has 236 valence electrons. The highest BCUT2D eigenvalue weighted by Gasteiger charge is 2.21. The van der Waals surface area contributed by atoms with Crippen LogP contribution >= 0.6 is 23.1 Å². The molecule has 0 bridgehead atoms. The average molecular weight is 664 g/mol. The molecule has 12 heteroatoms. The standard InChI is InChI=1S/C35H29N5O5S2/c1-2-31(34(43)39-35-38-29(22-46-35)23-12-5-3-6-13-23)47-27-18-11-17-26(21-27)36-33(42)28(37-32(41)24-14-7-4-8-15-24)20-25-16-9-10-19-30(25)40(44)45/h3-22,31H,2H2,1H3,(H,36,42)(H,37,41)(H,38,39,43)/b28-20+. The molecule has 0 aliphatic carbocycles. The molecule has 1 atom stereocenters. The summed E-state index contributed by atoms with van der Waals surface area (Å²) in [6.07, 6.45) is 1.81. The Kier molecular flexibility index (Phi) is 10.9. The zero-order chi connectivity index (χ0) is 33.2. The summed E-state index contributed by atoms with van der Waals surface area (Å²) < 4.78 is 0. The van der Waals surface area contributed by atoms with E-state index in [4.69, 9.17) is 0 Å². The number of para-hydroxylation sites is 1. The van der Waals surface area contributed by atoms with E-state index in [1.165, 1.54) is 47.4 Å². The van der Waals surface area contributed by atoms with Gasteiger partial charge in [0.1, 0.15) is 5.70 Å². The molecule has 0 spiro atoms. The highest BCUT2D eigenvalue weighted by Crippen LogP contribution is 2.30. The topological polar surface area (TPSA) is 143 Å². The quantitative estimate of drug-likeness (QED) is 0.0539. The van der Waals surface area contributed by atoms with Gasteiger partial charge in [0, 0.05) is 33.2 Å². The van der Waals surface area contributed by atoms with Crippen LogP contribution in [0.15, 0.2) is 125 Å². The van der Waals surface area contributed by atoms with Crippen molar-refractivity contribution in [3.05, 3.63) is 142 Å². The number of carbonyl (C=O) groups excluding carboxylic acids is 3. The molecule has 10 nitrogen and oxygen atoms in total. The molecule has 0 saturated heterocycles. The second kappa shape index (κ2) is 15.6. The van der Waals surface area contributed by atoms with Gasteiger partial charge in [0.25, 0.3) is 17.5 Å². The van der Waals surface area contributed by atoms with Gasteiger partial charge in [-0.15, -0.1) is 23.1 Å². The average Bonchev–Trinajstić information content (AvgIpc) is 3.56. The summed E-state index contributed by atoms with van der Waals surface area (Å²) in [4.78, 5) is 56.0. The Morgan fingerprint density at radius 2 is 1.62 bits per heavy atom. The lowest BCUT2D eigenvalue weighted by molar-refractivity contribution is -0.385. The number of hydrogen-bond acceptors (Lipinski definition) is 8. The number of nitro groups is 1. The predicted octanol–water partition coefficient (Wildman–Crippen LogP) is 7.64. The fourth-order valence-electron chi connectivity index (χ4n) is 4.46. The van der Waals surface area contributed by atoms with E-state index in [0.717, 1.165) is 16.2 Å². The summed E-state index contributed by atoms with van der Waals surface area (Å²) in [7, 11) is 0. The highest BCUT2D eigenvalue weighted by atomic mass is 32.2. The fraction of sp³-hybridized carbons (Fsp3) is 0.0857. The van der Waals surface area contributed by atoms with Crippen molar-refractivity contribution >= 4 is 63.4 Å². The Balaban J connectivity index is 1.31. The number of hydrogen-bond donors (Lipinski definition) is 3. The Morgan fingerprint density at radius 3 is 2.34 bits per heavy atom. The van der Waals surface area contributed by atoms with E-state index >= 15 is 0 Å². The molecule has 5 aromatic rings. The number of carbonyl (C=O) groups is 3. The van der Waals surface area contributed by atoms with Gasteiger partial charge >= 0.3 is 0 Å². The molecular formula is C35H29N5O5S2. The number of benzene rings is 4. The van der Waals surface area contributed by atoms with Gasteiger partial charge in [-0.1, -0.05) is 73.7 Å². The molecule has 0 saturated carbocycles. The van der Waals surface area contributed by atoms with Gasteiger partial charge in [-0.3, -0.25) is 24.5 Å². The molecule has 0 radical (unpaired) electrons. The van der Waals surface area contributed by atoms with E-state index in [0.29, 0.717) is 22.8 Å². The summed E-state index contributed by atoms with van der Waals surface area (Å²) in [6, 6.07) is 30.9. The second-order valence-electron chi connectivity index (χ2n) is 10.1. The van der Waals surface area contributed by atoms with E-state index in [1.54, 1.807) is 54.6 Å². The lowest BCUT2D eigenvalue weighted by Crippen LogP contribution is -2.30. The fourth-order valence-corrected chi connectivity index (χ4v) is 6.20. The summed E-state index contributed by atoms with van der Waals surface area (Å²) in [5.41, 5.74) is 2.20. The molecule has 3 N–H and O–H groups in total. The first-order chi connectivity index (χ1) is 22.8. The van der Waals surface area contributed by atoms with Crippen LogP contribution in [0.3, 0.4) is 0 Å². The van der Waals surface area contributed by atoms with Crippen molar-refractivity contribution in [3.63, 3.8) is 0 Å². The van der Waals surface area contributed by atoms with Crippen molar-refractivity contribution in [1.82, 2.24) is 10.3 Å². The van der Waals surface area contributed by atoms with E-state index in [2.05, 4.69) is 20.9 Å². The largest absolute Gasteiger partial charge is 0.321 e. The molecule has 1 aromatic heterocycles. The molecule has 1 unspecified atom stereocenters. The van der Waals surface area contributed by atoms with Crippen molar-refractivity contribution in [3.8, 4) is 11.3 Å². The van der Waals surface area contributed by atoms with Gasteiger partial charge in [-0.05, 0) is 48.9 Å². The Labute approximate surface area is 279 Å². The number of nitrogens with one attached hydrogen (secondary N) is 3. The van der Waals surface area contributed by atoms with Gasteiger partial charge in [-0.25, -0.2) is 4.98 Å². The predicted molar refractivity (Wildman–Crippen MR) is 186 cm³/mol. The molecule has 0 aliphatic rings. The third kappa shape index (κ3) is 8.78.